The van der Waals surface area contributed by atoms with Crippen LogP contribution in [0.5, 0.6) is 0 Å². The Morgan fingerprint density at radius 2 is 1.91 bits per heavy atom. The van der Waals surface area contributed by atoms with Gasteiger partial charge in [0.05, 0.1) is 5.01 Å². The van der Waals surface area contributed by atoms with Gasteiger partial charge in [0.25, 0.3) is 0 Å². The lowest BCUT2D eigenvalue weighted by Gasteiger charge is -2.11. The van der Waals surface area contributed by atoms with E-state index in [0.717, 1.165) is 44.0 Å². The molecule has 124 valence electrons. The van der Waals surface area contributed by atoms with Crippen LogP contribution in [-0.4, -0.2) is 36.1 Å². The maximum absolute atomic E-state index is 4.43. The van der Waals surface area contributed by atoms with Crippen LogP contribution in [0.2, 0.25) is 0 Å². The van der Waals surface area contributed by atoms with Crippen LogP contribution in [0.4, 0.5) is 0 Å². The van der Waals surface area contributed by atoms with E-state index in [1.54, 1.807) is 18.4 Å². The number of rotatable bonds is 7. The van der Waals surface area contributed by atoms with Crippen molar-refractivity contribution >= 4 is 17.3 Å². The van der Waals surface area contributed by atoms with Gasteiger partial charge in [-0.25, -0.2) is 4.98 Å². The molecule has 0 atom stereocenters. The van der Waals surface area contributed by atoms with E-state index in [1.807, 2.05) is 25.4 Å². The standard InChI is InChI=1S/C17H25N5S/c1-4-15-12-22-16(23-15)8-10-20-17(18-3)19-9-7-14-6-5-13(2)21-11-14/h5-6,11-12H,4,7-10H2,1-3H3,(H2,18,19,20). The minimum atomic E-state index is 0.831. The molecule has 0 bridgehead atoms. The van der Waals surface area contributed by atoms with Crippen molar-refractivity contribution in [3.8, 4) is 0 Å². The van der Waals surface area contributed by atoms with E-state index in [2.05, 4.69) is 38.6 Å². The van der Waals surface area contributed by atoms with Gasteiger partial charge in [0.2, 0.25) is 0 Å². The van der Waals surface area contributed by atoms with Crippen LogP contribution in [-0.2, 0) is 19.3 Å². The molecule has 2 aromatic heterocycles. The number of aryl methyl sites for hydroxylation is 2. The molecular formula is C17H25N5S. The van der Waals surface area contributed by atoms with Crippen LogP contribution in [0.1, 0.15) is 28.1 Å². The Morgan fingerprint density at radius 1 is 1.13 bits per heavy atom. The zero-order chi connectivity index (χ0) is 16.5. The molecule has 0 aliphatic carbocycles. The normalized spacial score (nSPS) is 11.5. The maximum atomic E-state index is 4.43. The summed E-state index contributed by atoms with van der Waals surface area (Å²) >= 11 is 1.79. The molecule has 0 aromatic carbocycles. The van der Waals surface area contributed by atoms with Crippen molar-refractivity contribution in [2.45, 2.75) is 33.1 Å². The van der Waals surface area contributed by atoms with Crippen LogP contribution in [0, 0.1) is 6.92 Å². The predicted octanol–water partition coefficient (Wildman–Crippen LogP) is 2.36. The van der Waals surface area contributed by atoms with E-state index in [0.29, 0.717) is 0 Å². The van der Waals surface area contributed by atoms with Gasteiger partial charge >= 0.3 is 0 Å². The number of nitrogens with one attached hydrogen (secondary N) is 2. The monoisotopic (exact) mass is 331 g/mol. The summed E-state index contributed by atoms with van der Waals surface area (Å²) in [5.74, 6) is 0.831. The predicted molar refractivity (Wildman–Crippen MR) is 97.2 cm³/mol. The Morgan fingerprint density at radius 3 is 2.52 bits per heavy atom. The van der Waals surface area contributed by atoms with Crippen molar-refractivity contribution in [3.63, 3.8) is 0 Å². The molecule has 2 heterocycles. The number of hydrogen-bond acceptors (Lipinski definition) is 4. The molecule has 0 fully saturated rings. The average molecular weight is 331 g/mol. The quantitative estimate of drug-likeness (QED) is 0.604. The number of pyridine rings is 1. The van der Waals surface area contributed by atoms with Gasteiger partial charge in [-0.1, -0.05) is 13.0 Å². The average Bonchev–Trinajstić information content (AvgIpc) is 3.03. The van der Waals surface area contributed by atoms with Gasteiger partial charge in [0.15, 0.2) is 5.96 Å². The second kappa shape index (κ2) is 9.25. The smallest absolute Gasteiger partial charge is 0.191 e. The second-order valence-corrected chi connectivity index (χ2v) is 6.51. The Kier molecular flexibility index (Phi) is 7.00. The van der Waals surface area contributed by atoms with Gasteiger partial charge in [-0.2, -0.15) is 0 Å². The summed E-state index contributed by atoms with van der Waals surface area (Å²) in [5.41, 5.74) is 2.28. The molecule has 5 nitrogen and oxygen atoms in total. The van der Waals surface area contributed by atoms with Crippen LogP contribution in [0.25, 0.3) is 0 Å². The second-order valence-electron chi connectivity index (χ2n) is 5.31. The highest BCUT2D eigenvalue weighted by molar-refractivity contribution is 7.11. The first kappa shape index (κ1) is 17.4. The largest absolute Gasteiger partial charge is 0.356 e. The van der Waals surface area contributed by atoms with Crippen molar-refractivity contribution in [3.05, 3.63) is 45.7 Å². The number of thiazole rings is 1. The molecule has 2 rings (SSSR count). The lowest BCUT2D eigenvalue weighted by Crippen LogP contribution is -2.39. The topological polar surface area (TPSA) is 62.2 Å². The first-order chi connectivity index (χ1) is 11.2. The third kappa shape index (κ3) is 5.98. The van der Waals surface area contributed by atoms with Crippen LogP contribution in [0.3, 0.4) is 0 Å². The molecule has 0 saturated heterocycles. The molecular weight excluding hydrogens is 306 g/mol. The molecule has 0 unspecified atom stereocenters. The maximum Gasteiger partial charge on any atom is 0.191 e. The summed E-state index contributed by atoms with van der Waals surface area (Å²) < 4.78 is 0. The summed E-state index contributed by atoms with van der Waals surface area (Å²) in [7, 11) is 1.79. The van der Waals surface area contributed by atoms with E-state index in [4.69, 9.17) is 0 Å². The fraction of sp³-hybridized carbons (Fsp3) is 0.471. The minimum absolute atomic E-state index is 0.831. The van der Waals surface area contributed by atoms with E-state index in [1.165, 1.54) is 15.4 Å². The van der Waals surface area contributed by atoms with E-state index < -0.39 is 0 Å². The molecule has 23 heavy (non-hydrogen) atoms. The fourth-order valence-electron chi connectivity index (χ4n) is 2.11. The van der Waals surface area contributed by atoms with Crippen molar-refractivity contribution in [2.75, 3.05) is 20.1 Å². The summed E-state index contributed by atoms with van der Waals surface area (Å²) in [6, 6.07) is 4.16. The van der Waals surface area contributed by atoms with Crippen molar-refractivity contribution in [2.24, 2.45) is 4.99 Å². The van der Waals surface area contributed by atoms with Gasteiger partial charge in [0, 0.05) is 49.5 Å². The Balaban J connectivity index is 1.67. The van der Waals surface area contributed by atoms with Crippen LogP contribution in [0.15, 0.2) is 29.5 Å². The van der Waals surface area contributed by atoms with Crippen molar-refractivity contribution < 1.29 is 0 Å². The van der Waals surface area contributed by atoms with Gasteiger partial charge in [0.1, 0.15) is 0 Å². The first-order valence-corrected chi connectivity index (χ1v) is 8.82. The molecule has 6 heteroatoms. The Bertz CT molecular complexity index is 618. The fourth-order valence-corrected chi connectivity index (χ4v) is 2.97. The van der Waals surface area contributed by atoms with Gasteiger partial charge < -0.3 is 10.6 Å². The minimum Gasteiger partial charge on any atom is -0.356 e. The zero-order valence-corrected chi connectivity index (χ0v) is 14.9. The molecule has 0 aliphatic rings. The van der Waals surface area contributed by atoms with Crippen molar-refractivity contribution in [1.29, 1.82) is 0 Å². The van der Waals surface area contributed by atoms with Gasteiger partial charge in [-0.15, -0.1) is 11.3 Å². The van der Waals surface area contributed by atoms with E-state index in [-0.39, 0.29) is 0 Å². The zero-order valence-electron chi connectivity index (χ0n) is 14.1. The highest BCUT2D eigenvalue weighted by atomic mass is 32.1. The highest BCUT2D eigenvalue weighted by Gasteiger charge is 2.02. The molecule has 0 aliphatic heterocycles. The van der Waals surface area contributed by atoms with Crippen molar-refractivity contribution in [1.82, 2.24) is 20.6 Å². The molecule has 2 N–H and O–H groups in total. The summed E-state index contributed by atoms with van der Waals surface area (Å²) in [6.07, 6.45) is 6.82. The summed E-state index contributed by atoms with van der Waals surface area (Å²) in [6.45, 7) is 5.83. The van der Waals surface area contributed by atoms with Crippen LogP contribution >= 0.6 is 11.3 Å². The number of aromatic nitrogens is 2. The van der Waals surface area contributed by atoms with Crippen LogP contribution < -0.4 is 10.6 Å². The number of guanidine groups is 1. The van der Waals surface area contributed by atoms with Gasteiger partial charge in [-0.3, -0.25) is 9.98 Å². The number of aliphatic imine (C=N–C) groups is 1. The molecule has 0 radical (unpaired) electrons. The summed E-state index contributed by atoms with van der Waals surface area (Å²) in [5, 5.41) is 7.84. The third-order valence-corrected chi connectivity index (χ3v) is 4.68. The SMILES string of the molecule is CCc1cnc(CCNC(=NC)NCCc2ccc(C)nc2)s1. The lowest BCUT2D eigenvalue weighted by molar-refractivity contribution is 0.780. The highest BCUT2D eigenvalue weighted by Crippen LogP contribution is 2.13. The Labute approximate surface area is 142 Å². The Hall–Kier alpha value is -1.95. The molecule has 0 spiro atoms. The molecule has 2 aromatic rings. The lowest BCUT2D eigenvalue weighted by atomic mass is 10.2. The molecule has 0 saturated carbocycles. The number of hydrogen-bond donors (Lipinski definition) is 2. The third-order valence-electron chi connectivity index (χ3n) is 3.48. The van der Waals surface area contributed by atoms with E-state index in [9.17, 15) is 0 Å². The van der Waals surface area contributed by atoms with E-state index >= 15 is 0 Å². The number of nitrogens with zero attached hydrogens (tertiary/aromatic N) is 3. The van der Waals surface area contributed by atoms with Gasteiger partial charge in [-0.05, 0) is 31.4 Å². The summed E-state index contributed by atoms with van der Waals surface area (Å²) in [4.78, 5) is 14.3. The first-order valence-electron chi connectivity index (χ1n) is 8.01. The molecule has 0 amide bonds.